The third kappa shape index (κ3) is 11.3. The molecule has 0 saturated heterocycles. The van der Waals surface area contributed by atoms with Crippen LogP contribution in [0.3, 0.4) is 0 Å². The Hall–Kier alpha value is -6.48. The Balaban J connectivity index is 0.000000144. The van der Waals surface area contributed by atoms with Crippen molar-refractivity contribution in [2.45, 2.75) is 12.1 Å². The Labute approximate surface area is 458 Å². The van der Waals surface area contributed by atoms with Crippen LogP contribution < -0.4 is 15.9 Å². The zero-order valence-corrected chi connectivity index (χ0v) is 45.9. The molecule has 0 aliphatic heterocycles. The maximum atomic E-state index is 7.60. The Morgan fingerprint density at radius 1 is 0.403 bits per heavy atom. The third-order valence-electron chi connectivity index (χ3n) is 13.1. The molecule has 2 nitrogen and oxygen atoms in total. The number of rotatable bonds is 9. The summed E-state index contributed by atoms with van der Waals surface area (Å²) in [5, 5.41) is 9.37. The molecule has 0 N–H and O–H groups in total. The number of para-hydroxylation sites is 6. The molecule has 2 heterocycles. The first-order valence-electron chi connectivity index (χ1n) is 23.9. The fourth-order valence-electron chi connectivity index (χ4n) is 9.96. The predicted octanol–water partition coefficient (Wildman–Crippen LogP) is 14.7. The van der Waals surface area contributed by atoms with E-state index in [0.717, 1.165) is 55.3 Å². The second-order valence-electron chi connectivity index (χ2n) is 17.3. The van der Waals surface area contributed by atoms with Crippen molar-refractivity contribution in [1.29, 1.82) is 0 Å². The van der Waals surface area contributed by atoms with E-state index in [-0.39, 0.29) is 44.8 Å². The molecule has 2 aromatic heterocycles. The van der Waals surface area contributed by atoms with Crippen molar-refractivity contribution in [3.63, 3.8) is 0 Å². The van der Waals surface area contributed by atoms with Crippen molar-refractivity contribution in [3.8, 4) is 23.2 Å². The Morgan fingerprint density at radius 3 is 1.21 bits per heavy atom. The molecule has 1 aliphatic carbocycles. The molecule has 2 unspecified atom stereocenters. The standard InChI is InChI=1S/C26H26P2.2C20H12N.2Au/c1-5-13-23(14-6-1)27(24-15-7-2-8-16-24)21-22-28(25-17-9-3-10-18-25)26-19-11-4-12-20-26;2*1-2-15-9-8-13-18-17-12-6-7-14-19(17)21(20(15)18)16-10-4-3-5-11-16;;/h1-19,26H,20-22H2;2*3-14H;;/q;2*-1;2*+1/p+2. The topological polar surface area (TPSA) is 9.86 Å². The number of allylic oxidation sites excluding steroid dienone is 4. The molecule has 0 fully saturated rings. The minimum absolute atomic E-state index is 0. The molecule has 11 aromatic rings. The van der Waals surface area contributed by atoms with Crippen LogP contribution in [0.4, 0.5) is 0 Å². The van der Waals surface area contributed by atoms with E-state index in [9.17, 15) is 0 Å². The van der Waals surface area contributed by atoms with Gasteiger partial charge in [0.25, 0.3) is 0 Å². The van der Waals surface area contributed by atoms with Crippen LogP contribution in [0.25, 0.3) is 55.0 Å². The fraction of sp³-hybridized carbons (Fsp3) is 0.0606. The van der Waals surface area contributed by atoms with Crippen molar-refractivity contribution in [1.82, 2.24) is 9.13 Å². The molecule has 0 radical (unpaired) electrons. The molecule has 72 heavy (non-hydrogen) atoms. The van der Waals surface area contributed by atoms with Crippen molar-refractivity contribution >= 4 is 75.4 Å². The fourth-order valence-corrected chi connectivity index (χ4v) is 16.6. The Kier molecular flexibility index (Phi) is 18.2. The summed E-state index contributed by atoms with van der Waals surface area (Å²) >= 11 is 0. The quantitative estimate of drug-likeness (QED) is 0.0590. The molecule has 9 aromatic carbocycles. The molecule has 1 aliphatic rings. The van der Waals surface area contributed by atoms with Crippen molar-refractivity contribution in [3.05, 3.63) is 285 Å². The van der Waals surface area contributed by atoms with Crippen molar-refractivity contribution < 1.29 is 44.8 Å². The smallest absolute Gasteiger partial charge is 0.366 e. The molecule has 0 spiro atoms. The van der Waals surface area contributed by atoms with Gasteiger partial charge in [0.2, 0.25) is 0 Å². The SMILES string of the molecule is C1=CCC([PH+](CC[PH+](c2ccccc2)c2ccccc2)c2ccccc2)C=C1.[Au+].[Au+].[C-]#Cc1cccc2c3ccccc3n(-c3ccccc3)c12.[C-]#Cc1cccc2c3ccccc3n(-c3ccccc3)c12. The predicted molar refractivity (Wildman–Crippen MR) is 305 cm³/mol. The monoisotopic (exact) mass is 1330 g/mol. The van der Waals surface area contributed by atoms with E-state index in [1.807, 2.05) is 60.7 Å². The van der Waals surface area contributed by atoms with Gasteiger partial charge in [-0.15, -0.1) is 23.3 Å². The van der Waals surface area contributed by atoms with Gasteiger partial charge in [-0.1, -0.05) is 170 Å². The first-order chi connectivity index (χ1) is 34.7. The van der Waals surface area contributed by atoms with Crippen LogP contribution in [0, 0.1) is 24.7 Å². The minimum atomic E-state index is -0.756. The summed E-state index contributed by atoms with van der Waals surface area (Å²) in [6, 6.07) is 83.0. The van der Waals surface area contributed by atoms with Gasteiger partial charge >= 0.3 is 44.8 Å². The van der Waals surface area contributed by atoms with Gasteiger partial charge in [0, 0.05) is 36.5 Å². The summed E-state index contributed by atoms with van der Waals surface area (Å²) < 4.78 is 4.42. The molecular weight excluding hydrogens is 1280 g/mol. The largest absolute Gasteiger partial charge is 1.00 e. The number of aromatic nitrogens is 2. The second-order valence-corrected chi connectivity index (χ2v) is 22.8. The average Bonchev–Trinajstić information content (AvgIpc) is 3.97. The van der Waals surface area contributed by atoms with E-state index < -0.39 is 15.8 Å². The van der Waals surface area contributed by atoms with Gasteiger partial charge in [-0.2, -0.15) is 0 Å². The van der Waals surface area contributed by atoms with E-state index in [1.54, 1.807) is 5.30 Å². The van der Waals surface area contributed by atoms with E-state index in [4.69, 9.17) is 12.8 Å². The summed E-state index contributed by atoms with van der Waals surface area (Å²) in [4.78, 5) is 0. The van der Waals surface area contributed by atoms with Crippen LogP contribution in [-0.2, 0) is 44.8 Å². The van der Waals surface area contributed by atoms with Crippen LogP contribution >= 0.6 is 15.8 Å². The van der Waals surface area contributed by atoms with Crippen molar-refractivity contribution in [2.75, 3.05) is 12.3 Å². The molecule has 0 bridgehead atoms. The zero-order valence-electron chi connectivity index (χ0n) is 39.5. The van der Waals surface area contributed by atoms with Gasteiger partial charge in [0.1, 0.15) is 6.16 Å². The van der Waals surface area contributed by atoms with E-state index in [1.165, 1.54) is 40.1 Å². The summed E-state index contributed by atoms with van der Waals surface area (Å²) in [6.45, 7) is 0. The van der Waals surface area contributed by atoms with Gasteiger partial charge in [-0.3, -0.25) is 11.8 Å². The summed E-state index contributed by atoms with van der Waals surface area (Å²) in [5.74, 6) is 5.14. The van der Waals surface area contributed by atoms with Gasteiger partial charge in [0.05, 0.1) is 46.7 Å². The van der Waals surface area contributed by atoms with Crippen LogP contribution in [0.2, 0.25) is 0 Å². The molecule has 0 amide bonds. The molecular formula is C66H52Au2N2P2+2. The summed E-state index contributed by atoms with van der Waals surface area (Å²) in [5.41, 5.74) is 8.92. The summed E-state index contributed by atoms with van der Waals surface area (Å²) in [6.07, 6.45) is 28.3. The van der Waals surface area contributed by atoms with Gasteiger partial charge in [-0.25, -0.2) is 0 Å². The van der Waals surface area contributed by atoms with Gasteiger partial charge in [-0.05, 0) is 101 Å². The first kappa shape index (κ1) is 51.9. The second kappa shape index (κ2) is 25.3. The van der Waals surface area contributed by atoms with Gasteiger partial charge < -0.3 is 22.0 Å². The Bertz CT molecular complexity index is 3460. The van der Waals surface area contributed by atoms with E-state index in [2.05, 4.69) is 221 Å². The molecule has 2 atom stereocenters. The van der Waals surface area contributed by atoms with Gasteiger partial charge in [0.15, 0.2) is 0 Å². The minimum Gasteiger partial charge on any atom is -0.366 e. The molecule has 6 heteroatoms. The molecule has 356 valence electrons. The van der Waals surface area contributed by atoms with Crippen molar-refractivity contribution in [2.24, 2.45) is 0 Å². The van der Waals surface area contributed by atoms with E-state index >= 15 is 0 Å². The summed E-state index contributed by atoms with van der Waals surface area (Å²) in [7, 11) is -1.40. The number of hydrogen-bond acceptors (Lipinski definition) is 0. The average molecular weight is 1330 g/mol. The molecule has 12 rings (SSSR count). The Morgan fingerprint density at radius 2 is 0.792 bits per heavy atom. The maximum absolute atomic E-state index is 7.60. The van der Waals surface area contributed by atoms with Crippen LogP contribution in [0.1, 0.15) is 17.5 Å². The maximum Gasteiger partial charge on any atom is 1.00 e. The molecule has 0 saturated carbocycles. The van der Waals surface area contributed by atoms with E-state index in [0.29, 0.717) is 5.66 Å². The number of fused-ring (bicyclic) bond motifs is 6. The number of hydrogen-bond donors (Lipinski definition) is 0. The number of nitrogens with zero attached hydrogens (tertiary/aromatic N) is 2. The van der Waals surface area contributed by atoms with Crippen LogP contribution in [-0.4, -0.2) is 27.1 Å². The third-order valence-corrected chi connectivity index (χ3v) is 19.6. The zero-order chi connectivity index (χ0) is 47.5. The van der Waals surface area contributed by atoms with Crippen LogP contribution in [0.5, 0.6) is 0 Å². The van der Waals surface area contributed by atoms with Crippen LogP contribution in [0.15, 0.2) is 261 Å². The normalized spacial score (nSPS) is 12.9. The first-order valence-corrected chi connectivity index (χ1v) is 27.4. The number of benzene rings is 9.